The van der Waals surface area contributed by atoms with Crippen molar-refractivity contribution in [1.82, 2.24) is 15.5 Å². The average Bonchev–Trinajstić information content (AvgIpc) is 2.92. The van der Waals surface area contributed by atoms with Crippen molar-refractivity contribution in [3.05, 3.63) is 23.9 Å². The van der Waals surface area contributed by atoms with Gasteiger partial charge in [0, 0.05) is 24.8 Å². The second-order valence-corrected chi connectivity index (χ2v) is 5.00. The van der Waals surface area contributed by atoms with E-state index < -0.39 is 0 Å². The molecule has 18 heavy (non-hydrogen) atoms. The van der Waals surface area contributed by atoms with Crippen molar-refractivity contribution in [3.63, 3.8) is 0 Å². The fraction of sp³-hybridized carbons (Fsp3) is 0.615. The highest BCUT2D eigenvalue weighted by Crippen LogP contribution is 2.38. The molecule has 0 atom stereocenters. The lowest BCUT2D eigenvalue weighted by molar-refractivity contribution is -0.124. The topological polar surface area (TPSA) is 68.0 Å². The van der Waals surface area contributed by atoms with Gasteiger partial charge in [-0.25, -0.2) is 0 Å². The minimum absolute atomic E-state index is 0.120. The van der Waals surface area contributed by atoms with Crippen LogP contribution in [-0.2, 0) is 11.2 Å². The van der Waals surface area contributed by atoms with Crippen LogP contribution in [0.4, 0.5) is 0 Å². The summed E-state index contributed by atoms with van der Waals surface area (Å²) in [6.45, 7) is 0.571. The molecule has 96 valence electrons. The summed E-state index contributed by atoms with van der Waals surface area (Å²) in [4.78, 5) is 16.1. The van der Waals surface area contributed by atoms with Crippen molar-refractivity contribution >= 4 is 5.91 Å². The number of nitrogens with one attached hydrogen (secondary N) is 1. The van der Waals surface area contributed by atoms with Crippen molar-refractivity contribution < 1.29 is 9.32 Å². The number of hydrogen-bond acceptors (Lipinski definition) is 4. The average molecular weight is 247 g/mol. The van der Waals surface area contributed by atoms with E-state index in [4.69, 9.17) is 4.52 Å². The van der Waals surface area contributed by atoms with Gasteiger partial charge in [0.25, 0.3) is 0 Å². The van der Waals surface area contributed by atoms with Crippen LogP contribution in [0.1, 0.15) is 43.3 Å². The Morgan fingerprint density at radius 1 is 1.39 bits per heavy atom. The van der Waals surface area contributed by atoms with Crippen LogP contribution in [0.2, 0.25) is 0 Å². The second-order valence-electron chi connectivity index (χ2n) is 5.00. The zero-order chi connectivity index (χ0) is 12.4. The first-order valence-electron chi connectivity index (χ1n) is 6.58. The summed E-state index contributed by atoms with van der Waals surface area (Å²) in [7, 11) is 0. The number of aromatic nitrogens is 2. The van der Waals surface area contributed by atoms with Gasteiger partial charge >= 0.3 is 0 Å². The second kappa shape index (κ2) is 4.92. The SMILES string of the molecule is O=C(NCCc1nc(C2CC2)no1)C1CC=CC1. The lowest BCUT2D eigenvalue weighted by Crippen LogP contribution is -2.31. The largest absolute Gasteiger partial charge is 0.355 e. The van der Waals surface area contributed by atoms with Gasteiger partial charge in [0.15, 0.2) is 5.82 Å². The van der Waals surface area contributed by atoms with Crippen molar-refractivity contribution in [2.75, 3.05) is 6.54 Å². The number of allylic oxidation sites excluding steroid dienone is 2. The van der Waals surface area contributed by atoms with E-state index in [9.17, 15) is 4.79 Å². The Labute approximate surface area is 106 Å². The Kier molecular flexibility index (Phi) is 3.13. The Balaban J connectivity index is 1.41. The number of hydrogen-bond donors (Lipinski definition) is 1. The first-order chi connectivity index (χ1) is 8.83. The molecule has 1 N–H and O–H groups in total. The summed E-state index contributed by atoms with van der Waals surface area (Å²) in [6, 6.07) is 0. The highest BCUT2D eigenvalue weighted by atomic mass is 16.5. The van der Waals surface area contributed by atoms with Crippen molar-refractivity contribution in [2.24, 2.45) is 5.92 Å². The maximum absolute atomic E-state index is 11.7. The van der Waals surface area contributed by atoms with Crippen LogP contribution < -0.4 is 5.32 Å². The maximum Gasteiger partial charge on any atom is 0.228 e. The Bertz CT molecular complexity index is 455. The molecule has 2 aliphatic carbocycles. The molecule has 1 fully saturated rings. The Morgan fingerprint density at radius 2 is 2.17 bits per heavy atom. The molecule has 1 heterocycles. The summed E-state index contributed by atoms with van der Waals surface area (Å²) < 4.78 is 5.15. The molecular formula is C13H17N3O2. The summed E-state index contributed by atoms with van der Waals surface area (Å²) in [5.74, 6) is 2.22. The van der Waals surface area contributed by atoms with Gasteiger partial charge in [-0.1, -0.05) is 17.3 Å². The summed E-state index contributed by atoms with van der Waals surface area (Å²) in [6.07, 6.45) is 8.80. The van der Waals surface area contributed by atoms with Crippen molar-refractivity contribution in [1.29, 1.82) is 0 Å². The van der Waals surface area contributed by atoms with Gasteiger partial charge in [-0.05, 0) is 25.7 Å². The summed E-state index contributed by atoms with van der Waals surface area (Å²) in [5, 5.41) is 6.87. The van der Waals surface area contributed by atoms with Crippen molar-refractivity contribution in [2.45, 2.75) is 38.0 Å². The summed E-state index contributed by atoms with van der Waals surface area (Å²) in [5.41, 5.74) is 0. The lowest BCUT2D eigenvalue weighted by Gasteiger charge is -2.08. The number of rotatable bonds is 5. The van der Waals surface area contributed by atoms with Gasteiger partial charge in [0.1, 0.15) is 0 Å². The quantitative estimate of drug-likeness (QED) is 0.802. The van der Waals surface area contributed by atoms with Gasteiger partial charge in [-0.3, -0.25) is 4.79 Å². The van der Waals surface area contributed by atoms with Gasteiger partial charge < -0.3 is 9.84 Å². The Hall–Kier alpha value is -1.65. The summed E-state index contributed by atoms with van der Waals surface area (Å²) >= 11 is 0. The highest BCUT2D eigenvalue weighted by molar-refractivity contribution is 5.79. The van der Waals surface area contributed by atoms with Crippen LogP contribution in [0.3, 0.4) is 0 Å². The standard InChI is InChI=1S/C13H17N3O2/c17-13(10-3-1-2-4-10)14-8-7-11-15-12(16-18-11)9-5-6-9/h1-2,9-10H,3-8H2,(H,14,17). The molecule has 1 amide bonds. The molecule has 0 aliphatic heterocycles. The molecule has 5 heteroatoms. The van der Waals surface area contributed by atoms with Gasteiger partial charge in [0.05, 0.1) is 0 Å². The fourth-order valence-electron chi connectivity index (χ4n) is 2.15. The molecule has 0 unspecified atom stereocenters. The third kappa shape index (κ3) is 2.60. The van der Waals surface area contributed by atoms with Crippen LogP contribution in [0, 0.1) is 5.92 Å². The number of carbonyl (C=O) groups excluding carboxylic acids is 1. The van der Waals surface area contributed by atoms with E-state index >= 15 is 0 Å². The van der Waals surface area contributed by atoms with Crippen LogP contribution in [0.5, 0.6) is 0 Å². The van der Waals surface area contributed by atoms with Crippen LogP contribution in [0.25, 0.3) is 0 Å². The molecule has 0 spiro atoms. The fourth-order valence-corrected chi connectivity index (χ4v) is 2.15. The number of carbonyl (C=O) groups is 1. The van der Waals surface area contributed by atoms with Crippen LogP contribution >= 0.6 is 0 Å². The molecule has 0 saturated heterocycles. The molecule has 1 aromatic rings. The highest BCUT2D eigenvalue weighted by Gasteiger charge is 2.28. The smallest absolute Gasteiger partial charge is 0.228 e. The zero-order valence-electron chi connectivity index (χ0n) is 10.3. The van der Waals surface area contributed by atoms with Crippen LogP contribution in [0.15, 0.2) is 16.7 Å². The van der Waals surface area contributed by atoms with E-state index in [-0.39, 0.29) is 11.8 Å². The predicted octanol–water partition coefficient (Wildman–Crippen LogP) is 1.57. The number of amides is 1. The van der Waals surface area contributed by atoms with E-state index in [1.807, 2.05) is 0 Å². The maximum atomic E-state index is 11.7. The van der Waals surface area contributed by atoms with Crippen LogP contribution in [-0.4, -0.2) is 22.6 Å². The van der Waals surface area contributed by atoms with E-state index in [2.05, 4.69) is 27.6 Å². The monoisotopic (exact) mass is 247 g/mol. The minimum atomic E-state index is 0.120. The van der Waals surface area contributed by atoms with Gasteiger partial charge in [-0.15, -0.1) is 0 Å². The molecule has 5 nitrogen and oxygen atoms in total. The third-order valence-electron chi connectivity index (χ3n) is 3.44. The minimum Gasteiger partial charge on any atom is -0.355 e. The normalized spacial score (nSPS) is 19.3. The van der Waals surface area contributed by atoms with Gasteiger partial charge in [0.2, 0.25) is 11.8 Å². The van der Waals surface area contributed by atoms with E-state index in [0.29, 0.717) is 24.8 Å². The van der Waals surface area contributed by atoms with E-state index in [0.717, 1.165) is 18.7 Å². The first-order valence-corrected chi connectivity index (χ1v) is 6.58. The van der Waals surface area contributed by atoms with E-state index in [1.165, 1.54) is 12.8 Å². The molecule has 0 radical (unpaired) electrons. The zero-order valence-corrected chi connectivity index (χ0v) is 10.3. The molecular weight excluding hydrogens is 230 g/mol. The Morgan fingerprint density at radius 3 is 2.89 bits per heavy atom. The molecule has 0 bridgehead atoms. The number of nitrogens with zero attached hydrogens (tertiary/aromatic N) is 2. The molecule has 1 aromatic heterocycles. The molecule has 3 rings (SSSR count). The molecule has 1 saturated carbocycles. The van der Waals surface area contributed by atoms with E-state index in [1.54, 1.807) is 0 Å². The van der Waals surface area contributed by atoms with Gasteiger partial charge in [-0.2, -0.15) is 4.98 Å². The third-order valence-corrected chi connectivity index (χ3v) is 3.44. The molecule has 0 aromatic carbocycles. The lowest BCUT2D eigenvalue weighted by atomic mass is 10.1. The first kappa shape index (κ1) is 11.4. The molecule has 2 aliphatic rings. The van der Waals surface area contributed by atoms with Crippen molar-refractivity contribution in [3.8, 4) is 0 Å². The predicted molar refractivity (Wildman–Crippen MR) is 64.9 cm³/mol.